The summed E-state index contributed by atoms with van der Waals surface area (Å²) in [6, 6.07) is 8.79. The van der Waals surface area contributed by atoms with Crippen molar-refractivity contribution in [3.8, 4) is 10.6 Å². The van der Waals surface area contributed by atoms with Gasteiger partial charge in [0.05, 0.1) is 0 Å². The second-order valence-electron chi connectivity index (χ2n) is 4.34. The number of nitrogens with zero attached hydrogens (tertiary/aromatic N) is 2. The van der Waals surface area contributed by atoms with Crippen LogP contribution in [0, 0.1) is 3.57 Å². The first-order valence-corrected chi connectivity index (χ1v) is 7.87. The standard InChI is InChI=1S/C13H16IN3S/c1-9(2)15-8-7-12-16-17-13(18-12)10-5-3-4-6-11(10)14/h3-6,9,15H,7-8H2,1-2H3. The molecular weight excluding hydrogens is 357 g/mol. The van der Waals surface area contributed by atoms with Crippen LogP contribution in [-0.4, -0.2) is 22.8 Å². The van der Waals surface area contributed by atoms with Gasteiger partial charge >= 0.3 is 0 Å². The van der Waals surface area contributed by atoms with Crippen LogP contribution in [0.2, 0.25) is 0 Å². The minimum Gasteiger partial charge on any atom is -0.314 e. The summed E-state index contributed by atoms with van der Waals surface area (Å²) in [5.74, 6) is 0. The molecule has 0 amide bonds. The molecule has 0 bridgehead atoms. The maximum Gasteiger partial charge on any atom is 0.148 e. The zero-order chi connectivity index (χ0) is 13.0. The zero-order valence-corrected chi connectivity index (χ0v) is 13.5. The molecule has 3 nitrogen and oxygen atoms in total. The van der Waals surface area contributed by atoms with Gasteiger partial charge in [-0.3, -0.25) is 0 Å². The molecule has 96 valence electrons. The van der Waals surface area contributed by atoms with Gasteiger partial charge in [0.1, 0.15) is 10.0 Å². The Kier molecular flexibility index (Phi) is 5.08. The number of nitrogens with one attached hydrogen (secondary N) is 1. The minimum absolute atomic E-state index is 0.521. The summed E-state index contributed by atoms with van der Waals surface area (Å²) in [5, 5.41) is 14.0. The van der Waals surface area contributed by atoms with Crippen molar-refractivity contribution in [1.29, 1.82) is 0 Å². The van der Waals surface area contributed by atoms with Crippen molar-refractivity contribution in [1.82, 2.24) is 15.5 Å². The van der Waals surface area contributed by atoms with Crippen LogP contribution < -0.4 is 5.32 Å². The molecule has 1 aromatic heterocycles. The van der Waals surface area contributed by atoms with Crippen molar-refractivity contribution >= 4 is 33.9 Å². The van der Waals surface area contributed by atoms with E-state index in [2.05, 4.69) is 64.1 Å². The highest BCUT2D eigenvalue weighted by molar-refractivity contribution is 14.1. The Morgan fingerprint density at radius 1 is 1.28 bits per heavy atom. The molecule has 18 heavy (non-hydrogen) atoms. The smallest absolute Gasteiger partial charge is 0.148 e. The molecule has 0 atom stereocenters. The maximum absolute atomic E-state index is 4.28. The molecule has 2 aromatic rings. The third kappa shape index (κ3) is 3.73. The van der Waals surface area contributed by atoms with E-state index in [1.165, 1.54) is 9.13 Å². The van der Waals surface area contributed by atoms with E-state index in [1.807, 2.05) is 12.1 Å². The Hall–Kier alpha value is -0.530. The highest BCUT2D eigenvalue weighted by atomic mass is 127. The van der Waals surface area contributed by atoms with Crippen molar-refractivity contribution in [2.24, 2.45) is 0 Å². The first kappa shape index (κ1) is 13.9. The quantitative estimate of drug-likeness (QED) is 0.817. The topological polar surface area (TPSA) is 37.8 Å². The summed E-state index contributed by atoms with van der Waals surface area (Å²) < 4.78 is 1.22. The van der Waals surface area contributed by atoms with Gasteiger partial charge in [-0.1, -0.05) is 43.4 Å². The van der Waals surface area contributed by atoms with E-state index in [0.29, 0.717) is 6.04 Å². The number of hydrogen-bond acceptors (Lipinski definition) is 4. The monoisotopic (exact) mass is 373 g/mol. The summed E-state index contributed by atoms with van der Waals surface area (Å²) in [7, 11) is 0. The summed E-state index contributed by atoms with van der Waals surface area (Å²) >= 11 is 4.02. The van der Waals surface area contributed by atoms with Gasteiger partial charge in [0.15, 0.2) is 0 Å². The summed E-state index contributed by atoms with van der Waals surface area (Å²) in [5.41, 5.74) is 1.18. The summed E-state index contributed by atoms with van der Waals surface area (Å²) in [4.78, 5) is 0. The number of benzene rings is 1. The van der Waals surface area contributed by atoms with Crippen LogP contribution in [0.4, 0.5) is 0 Å². The fourth-order valence-corrected chi connectivity index (χ4v) is 3.27. The number of halogens is 1. The van der Waals surface area contributed by atoms with Crippen molar-refractivity contribution in [2.45, 2.75) is 26.3 Å². The third-order valence-corrected chi connectivity index (χ3v) is 4.42. The Morgan fingerprint density at radius 2 is 2.06 bits per heavy atom. The Balaban J connectivity index is 2.04. The number of aromatic nitrogens is 2. The van der Waals surface area contributed by atoms with Gasteiger partial charge < -0.3 is 5.32 Å². The van der Waals surface area contributed by atoms with Gasteiger partial charge in [0.25, 0.3) is 0 Å². The molecule has 0 aliphatic rings. The lowest BCUT2D eigenvalue weighted by Crippen LogP contribution is -2.24. The summed E-state index contributed by atoms with van der Waals surface area (Å²) in [6.45, 7) is 5.26. The van der Waals surface area contributed by atoms with Crippen LogP contribution >= 0.6 is 33.9 Å². The third-order valence-electron chi connectivity index (χ3n) is 2.46. The zero-order valence-electron chi connectivity index (χ0n) is 10.5. The normalized spacial score (nSPS) is 11.1. The lowest BCUT2D eigenvalue weighted by molar-refractivity contribution is 0.588. The average Bonchev–Trinajstić information content (AvgIpc) is 2.78. The molecule has 0 spiro atoms. The summed E-state index contributed by atoms with van der Waals surface area (Å²) in [6.07, 6.45) is 0.944. The van der Waals surface area contributed by atoms with Crippen LogP contribution in [0.3, 0.4) is 0 Å². The average molecular weight is 373 g/mol. The SMILES string of the molecule is CC(C)NCCc1nnc(-c2ccccc2I)s1. The Morgan fingerprint density at radius 3 is 2.78 bits per heavy atom. The molecule has 0 saturated heterocycles. The Labute approximate surface area is 125 Å². The molecule has 0 aliphatic carbocycles. The molecule has 5 heteroatoms. The van der Waals surface area contributed by atoms with E-state index in [-0.39, 0.29) is 0 Å². The van der Waals surface area contributed by atoms with Crippen molar-refractivity contribution in [3.63, 3.8) is 0 Å². The van der Waals surface area contributed by atoms with E-state index >= 15 is 0 Å². The Bertz CT molecular complexity index is 510. The van der Waals surface area contributed by atoms with E-state index in [1.54, 1.807) is 11.3 Å². The second-order valence-corrected chi connectivity index (χ2v) is 6.56. The molecule has 1 heterocycles. The minimum atomic E-state index is 0.521. The van der Waals surface area contributed by atoms with Crippen LogP contribution in [0.25, 0.3) is 10.6 Å². The first-order chi connectivity index (χ1) is 8.66. The molecule has 1 N–H and O–H groups in total. The highest BCUT2D eigenvalue weighted by Crippen LogP contribution is 2.27. The van der Waals surface area contributed by atoms with E-state index in [4.69, 9.17) is 0 Å². The van der Waals surface area contributed by atoms with Gasteiger partial charge in [0, 0.05) is 28.1 Å². The lowest BCUT2D eigenvalue weighted by Gasteiger charge is -2.05. The molecule has 0 radical (unpaired) electrons. The van der Waals surface area contributed by atoms with Gasteiger partial charge in [-0.05, 0) is 28.7 Å². The van der Waals surface area contributed by atoms with E-state index in [9.17, 15) is 0 Å². The van der Waals surface area contributed by atoms with E-state index < -0.39 is 0 Å². The molecule has 0 fully saturated rings. The van der Waals surface area contributed by atoms with Crippen molar-refractivity contribution in [2.75, 3.05) is 6.54 Å². The van der Waals surface area contributed by atoms with Crippen molar-refractivity contribution in [3.05, 3.63) is 32.8 Å². The van der Waals surface area contributed by atoms with Crippen LogP contribution in [0.5, 0.6) is 0 Å². The van der Waals surface area contributed by atoms with Gasteiger partial charge in [-0.25, -0.2) is 0 Å². The number of rotatable bonds is 5. The molecule has 0 unspecified atom stereocenters. The molecule has 1 aromatic carbocycles. The molecule has 0 aliphatic heterocycles. The van der Waals surface area contributed by atoms with E-state index in [0.717, 1.165) is 23.0 Å². The van der Waals surface area contributed by atoms with Gasteiger partial charge in [-0.2, -0.15) is 0 Å². The second kappa shape index (κ2) is 6.58. The first-order valence-electron chi connectivity index (χ1n) is 5.97. The number of hydrogen-bond donors (Lipinski definition) is 1. The van der Waals surface area contributed by atoms with Crippen LogP contribution in [0.15, 0.2) is 24.3 Å². The lowest BCUT2D eigenvalue weighted by atomic mass is 10.2. The largest absolute Gasteiger partial charge is 0.314 e. The van der Waals surface area contributed by atoms with Gasteiger partial charge in [0.2, 0.25) is 0 Å². The predicted molar refractivity (Wildman–Crippen MR) is 84.9 cm³/mol. The molecular formula is C13H16IN3S. The van der Waals surface area contributed by atoms with Crippen LogP contribution in [0.1, 0.15) is 18.9 Å². The highest BCUT2D eigenvalue weighted by Gasteiger charge is 2.09. The van der Waals surface area contributed by atoms with Crippen LogP contribution in [-0.2, 0) is 6.42 Å². The fraction of sp³-hybridized carbons (Fsp3) is 0.385. The fourth-order valence-electron chi connectivity index (χ4n) is 1.57. The van der Waals surface area contributed by atoms with Gasteiger partial charge in [-0.15, -0.1) is 10.2 Å². The maximum atomic E-state index is 4.28. The predicted octanol–water partition coefficient (Wildman–Crippen LogP) is 3.35. The molecule has 0 saturated carbocycles. The van der Waals surface area contributed by atoms with Crippen molar-refractivity contribution < 1.29 is 0 Å². The molecule has 2 rings (SSSR count).